The fourth-order valence-electron chi connectivity index (χ4n) is 16.0. The van der Waals surface area contributed by atoms with Crippen LogP contribution in [0.4, 0.5) is 0 Å². The summed E-state index contributed by atoms with van der Waals surface area (Å²) in [5.74, 6) is -0.842. The minimum absolute atomic E-state index is 0.0236. The molecule has 9 aliphatic rings. The number of Topliss-reactive ketones (excluding diaryl/α,β-unsaturated/α-hetero) is 1. The number of rotatable bonds is 18. The number of aliphatic hydroxyl groups excluding tert-OH is 5. The van der Waals surface area contributed by atoms with E-state index in [1.807, 2.05) is 20.8 Å². The van der Waals surface area contributed by atoms with Crippen molar-refractivity contribution < 1.29 is 111 Å². The van der Waals surface area contributed by atoms with Crippen LogP contribution in [0.2, 0.25) is 0 Å². The van der Waals surface area contributed by atoms with E-state index in [9.17, 15) is 40.2 Å². The fraction of sp³-hybridized carbons (Fsp3) is 0.900. The van der Waals surface area contributed by atoms with Crippen LogP contribution in [-0.4, -0.2) is 230 Å². The summed E-state index contributed by atoms with van der Waals surface area (Å²) in [5, 5.41) is 65.6. The molecule has 0 bridgehead atoms. The molecule has 0 aromatic heterocycles. The monoisotopic (exact) mass is 1180 g/mol. The molecule has 0 radical (unpaired) electrons. The minimum Gasteiger partial charge on any atom is -0.458 e. The molecule has 23 nitrogen and oxygen atoms in total. The van der Waals surface area contributed by atoms with Crippen LogP contribution in [0.3, 0.4) is 0 Å². The number of allylic oxidation sites excluding steroid dienone is 2. The number of aliphatic hydroxyl groups is 6. The first-order chi connectivity index (χ1) is 39.4. The number of fused-ring (bicyclic) bond motifs is 5. The van der Waals surface area contributed by atoms with Crippen molar-refractivity contribution in [2.45, 2.75) is 280 Å². The van der Waals surface area contributed by atoms with Crippen molar-refractivity contribution >= 4 is 11.8 Å². The summed E-state index contributed by atoms with van der Waals surface area (Å²) >= 11 is 0. The molecule has 9 rings (SSSR count). The van der Waals surface area contributed by atoms with Crippen LogP contribution in [0.1, 0.15) is 127 Å². The van der Waals surface area contributed by atoms with E-state index in [0.717, 1.165) is 12.8 Å². The molecule has 5 aliphatic heterocycles. The summed E-state index contributed by atoms with van der Waals surface area (Å²) in [7, 11) is 6.16. The Bertz CT molecular complexity index is 2270. The molecule has 0 aromatic rings. The van der Waals surface area contributed by atoms with Crippen molar-refractivity contribution in [3.8, 4) is 0 Å². The molecular weight excluding hydrogens is 1090 g/mol. The van der Waals surface area contributed by atoms with E-state index >= 15 is 0 Å². The van der Waals surface area contributed by atoms with Crippen molar-refractivity contribution in [1.29, 1.82) is 0 Å². The molecule has 0 aromatic carbocycles. The highest BCUT2D eigenvalue weighted by Gasteiger charge is 2.72. The molecule has 5 heterocycles. The standard InChI is InChI=1S/C60H96O23/c1-14-27(2)55(67)79-42-22-37-36(60(68)20-18-35(28(3)62)59(42,60)9)16-15-33-21-34(17-19-58(33,37)8)77-43-23-38(69-10)50(29(4)73-43)80-44-24-39(70-11)52(31(6)74-44)83-57-49(66)54(72-13)53(32(7)76-57)81-45-25-40(71-12)51(30(5)75-45)82-56-48(65)47(64)46(63)41(26-61)78-56/h14-15,29-32,34-54,56-57,61,63-66,68H,16-26H2,1-13H3. The van der Waals surface area contributed by atoms with Crippen LogP contribution < -0.4 is 0 Å². The highest BCUT2D eigenvalue weighted by atomic mass is 16.8. The first-order valence-electron chi connectivity index (χ1n) is 30.1. The molecule has 30 atom stereocenters. The third-order valence-electron chi connectivity index (χ3n) is 21.0. The van der Waals surface area contributed by atoms with E-state index in [-0.39, 0.29) is 42.0 Å². The van der Waals surface area contributed by atoms with Crippen LogP contribution in [-0.2, 0) is 80.6 Å². The third kappa shape index (κ3) is 12.4. The first-order valence-corrected chi connectivity index (χ1v) is 30.1. The normalized spacial score (nSPS) is 50.4. The Balaban J connectivity index is 0.773. The minimum atomic E-state index is -1.62. The number of carbonyl (C=O) groups is 2. The van der Waals surface area contributed by atoms with Gasteiger partial charge in [0, 0.05) is 64.6 Å². The van der Waals surface area contributed by atoms with Gasteiger partial charge in [-0.2, -0.15) is 0 Å². The zero-order chi connectivity index (χ0) is 60.2. The second-order valence-corrected chi connectivity index (χ2v) is 25.4. The lowest BCUT2D eigenvalue weighted by Crippen LogP contribution is -2.66. The maximum atomic E-state index is 13.4. The molecule has 6 N–H and O–H groups in total. The largest absolute Gasteiger partial charge is 0.458 e. The number of hydrogen-bond acceptors (Lipinski definition) is 23. The van der Waals surface area contributed by atoms with E-state index < -0.39 is 171 Å². The average Bonchev–Trinajstić information content (AvgIpc) is 1.75. The Morgan fingerprint density at radius 3 is 1.69 bits per heavy atom. The molecule has 4 aliphatic carbocycles. The number of hydrogen-bond donors (Lipinski definition) is 6. The molecule has 0 spiro atoms. The van der Waals surface area contributed by atoms with Gasteiger partial charge in [-0.15, -0.1) is 0 Å². The van der Waals surface area contributed by atoms with Crippen LogP contribution >= 0.6 is 0 Å². The van der Waals surface area contributed by atoms with Gasteiger partial charge < -0.3 is 102 Å². The van der Waals surface area contributed by atoms with Crippen LogP contribution in [0.15, 0.2) is 23.3 Å². The highest BCUT2D eigenvalue weighted by Crippen LogP contribution is 2.69. The van der Waals surface area contributed by atoms with Crippen molar-refractivity contribution in [2.75, 3.05) is 35.0 Å². The van der Waals surface area contributed by atoms with Crippen LogP contribution in [0.5, 0.6) is 0 Å². The first kappa shape index (κ1) is 65.3. The lowest BCUT2D eigenvalue weighted by molar-refractivity contribution is -0.371. The van der Waals surface area contributed by atoms with Gasteiger partial charge in [-0.05, 0) is 111 Å². The Morgan fingerprint density at radius 1 is 0.627 bits per heavy atom. The second-order valence-electron chi connectivity index (χ2n) is 25.4. The van der Waals surface area contributed by atoms with Gasteiger partial charge in [-0.3, -0.25) is 4.79 Å². The molecule has 0 amide bonds. The van der Waals surface area contributed by atoms with Crippen molar-refractivity contribution in [1.82, 2.24) is 0 Å². The topological polar surface area (TPSA) is 294 Å². The number of esters is 1. The predicted molar refractivity (Wildman–Crippen MR) is 291 cm³/mol. The maximum absolute atomic E-state index is 13.4. The van der Waals surface area contributed by atoms with Gasteiger partial charge in [0.2, 0.25) is 0 Å². The summed E-state index contributed by atoms with van der Waals surface area (Å²) in [6.45, 7) is 16.1. The summed E-state index contributed by atoms with van der Waals surface area (Å²) in [6, 6.07) is 0. The number of ether oxygens (including phenoxy) is 15. The van der Waals surface area contributed by atoms with E-state index in [1.165, 1.54) is 19.8 Å². The molecule has 23 heteroatoms. The molecule has 8 fully saturated rings. The van der Waals surface area contributed by atoms with Crippen LogP contribution in [0.25, 0.3) is 0 Å². The Morgan fingerprint density at radius 2 is 1.16 bits per heavy atom. The SMILES string of the molecule is CC=C(C)C(=O)OC1CC2C(CC=C3CC(OC4CC(OC)C(OC5CC(OC)C(OC6OC(C)C(OC7CC(OC)C(OC8OC(CO)C(O)C(O)C8O)C(C)O7)C(OC)C6O)C(C)O5)C(C)O4)CCC32C)C2(O)CCC(C(C)=O)C12C. The lowest BCUT2D eigenvalue weighted by Gasteiger charge is -2.63. The predicted octanol–water partition coefficient (Wildman–Crippen LogP) is 3.05. The zero-order valence-electron chi connectivity index (χ0n) is 50.6. The van der Waals surface area contributed by atoms with E-state index in [0.29, 0.717) is 44.1 Å². The Kier molecular flexibility index (Phi) is 20.8. The lowest BCUT2D eigenvalue weighted by atomic mass is 9.45. The molecule has 474 valence electrons. The quantitative estimate of drug-likeness (QED) is 0.0653. The maximum Gasteiger partial charge on any atom is 0.333 e. The average molecular weight is 1190 g/mol. The molecule has 3 saturated carbocycles. The van der Waals surface area contributed by atoms with Gasteiger partial charge in [0.15, 0.2) is 31.5 Å². The van der Waals surface area contributed by atoms with Crippen LogP contribution in [0, 0.1) is 28.6 Å². The van der Waals surface area contributed by atoms with Crippen molar-refractivity contribution in [2.24, 2.45) is 28.6 Å². The van der Waals surface area contributed by atoms with Crippen molar-refractivity contribution in [3.63, 3.8) is 0 Å². The Hall–Kier alpha value is -2.18. The summed E-state index contributed by atoms with van der Waals surface area (Å²) in [5.41, 5.74) is -0.571. The second kappa shape index (κ2) is 26.5. The highest BCUT2D eigenvalue weighted by molar-refractivity contribution is 5.88. The Labute approximate surface area is 488 Å². The van der Waals surface area contributed by atoms with E-state index in [4.69, 9.17) is 71.1 Å². The van der Waals surface area contributed by atoms with Gasteiger partial charge in [0.1, 0.15) is 72.9 Å². The van der Waals surface area contributed by atoms with Gasteiger partial charge in [-0.1, -0.05) is 31.6 Å². The van der Waals surface area contributed by atoms with Gasteiger partial charge in [0.25, 0.3) is 0 Å². The number of methoxy groups -OCH3 is 4. The third-order valence-corrected chi connectivity index (χ3v) is 21.0. The molecule has 5 saturated heterocycles. The van der Waals surface area contributed by atoms with Gasteiger partial charge >= 0.3 is 5.97 Å². The summed E-state index contributed by atoms with van der Waals surface area (Å²) in [6.07, 6.45) is -11.3. The number of carbonyl (C=O) groups excluding carboxylic acids is 2. The fourth-order valence-corrected chi connectivity index (χ4v) is 16.0. The zero-order valence-corrected chi connectivity index (χ0v) is 50.6. The van der Waals surface area contributed by atoms with E-state index in [1.54, 1.807) is 54.9 Å². The van der Waals surface area contributed by atoms with Crippen molar-refractivity contribution in [3.05, 3.63) is 23.3 Å². The number of ketones is 1. The summed E-state index contributed by atoms with van der Waals surface area (Å²) in [4.78, 5) is 26.6. The molecular formula is C60H96O23. The van der Waals surface area contributed by atoms with Gasteiger partial charge in [0.05, 0.1) is 61.0 Å². The smallest absolute Gasteiger partial charge is 0.333 e. The molecule has 30 unspecified atom stereocenters. The summed E-state index contributed by atoms with van der Waals surface area (Å²) < 4.78 is 93.8. The molecule has 83 heavy (non-hydrogen) atoms. The van der Waals surface area contributed by atoms with Gasteiger partial charge in [-0.25, -0.2) is 4.79 Å². The van der Waals surface area contributed by atoms with E-state index in [2.05, 4.69) is 13.0 Å².